The van der Waals surface area contributed by atoms with Crippen LogP contribution in [-0.2, 0) is 4.74 Å². The van der Waals surface area contributed by atoms with E-state index in [1.54, 1.807) is 0 Å². The molecule has 0 aromatic carbocycles. The molecule has 2 aliphatic rings. The first-order valence-corrected chi connectivity index (χ1v) is 5.23. The maximum absolute atomic E-state index is 5.66. The van der Waals surface area contributed by atoms with Crippen LogP contribution < -0.4 is 5.73 Å². The fraction of sp³-hybridized carbons (Fsp3) is 1.00. The van der Waals surface area contributed by atoms with Crippen molar-refractivity contribution in [1.29, 1.82) is 0 Å². The predicted molar refractivity (Wildman–Crippen MR) is 52.5 cm³/mol. The van der Waals surface area contributed by atoms with Crippen LogP contribution in [0, 0.1) is 11.3 Å². The van der Waals surface area contributed by atoms with E-state index in [-0.39, 0.29) is 0 Å². The third-order valence-electron chi connectivity index (χ3n) is 3.68. The van der Waals surface area contributed by atoms with Crippen molar-refractivity contribution in [3.05, 3.63) is 0 Å². The van der Waals surface area contributed by atoms with Gasteiger partial charge < -0.3 is 15.4 Å². The molecule has 1 atom stereocenters. The molecule has 13 heavy (non-hydrogen) atoms. The summed E-state index contributed by atoms with van der Waals surface area (Å²) in [6, 6.07) is 0. The average molecular weight is 184 g/mol. The number of likely N-dealkylation sites (tertiary alicyclic amines) is 1. The van der Waals surface area contributed by atoms with E-state index in [0.717, 1.165) is 32.1 Å². The van der Waals surface area contributed by atoms with Crippen LogP contribution in [0.25, 0.3) is 0 Å². The molecule has 0 aromatic heterocycles. The van der Waals surface area contributed by atoms with Gasteiger partial charge in [-0.25, -0.2) is 0 Å². The molecule has 0 bridgehead atoms. The first-order valence-electron chi connectivity index (χ1n) is 5.23. The minimum atomic E-state index is 0.444. The summed E-state index contributed by atoms with van der Waals surface area (Å²) in [5, 5.41) is 0. The Balaban J connectivity index is 1.96. The monoisotopic (exact) mass is 184 g/mol. The van der Waals surface area contributed by atoms with E-state index in [0.29, 0.717) is 5.41 Å². The lowest BCUT2D eigenvalue weighted by atomic mass is 9.71. The van der Waals surface area contributed by atoms with Gasteiger partial charge in [-0.2, -0.15) is 0 Å². The lowest BCUT2D eigenvalue weighted by Gasteiger charge is -2.46. The molecule has 0 radical (unpaired) electrons. The number of rotatable bonds is 3. The summed E-state index contributed by atoms with van der Waals surface area (Å²) in [6.07, 6.45) is 2.48. The van der Waals surface area contributed by atoms with Crippen molar-refractivity contribution in [3.63, 3.8) is 0 Å². The van der Waals surface area contributed by atoms with Gasteiger partial charge in [-0.15, -0.1) is 0 Å². The first-order chi connectivity index (χ1) is 6.27. The fourth-order valence-electron chi connectivity index (χ4n) is 2.67. The van der Waals surface area contributed by atoms with Crippen LogP contribution in [-0.4, -0.2) is 44.8 Å². The van der Waals surface area contributed by atoms with Crippen LogP contribution in [0.15, 0.2) is 0 Å². The highest BCUT2D eigenvalue weighted by Crippen LogP contribution is 2.43. The summed E-state index contributed by atoms with van der Waals surface area (Å²) in [4.78, 5) is 2.42. The van der Waals surface area contributed by atoms with E-state index in [9.17, 15) is 0 Å². The molecule has 0 aromatic rings. The van der Waals surface area contributed by atoms with Crippen LogP contribution in [0.3, 0.4) is 0 Å². The Kier molecular flexibility index (Phi) is 2.58. The number of nitrogens with two attached hydrogens (primary N) is 1. The summed E-state index contributed by atoms with van der Waals surface area (Å²) >= 11 is 0. The zero-order valence-electron chi connectivity index (χ0n) is 8.46. The minimum absolute atomic E-state index is 0.444. The Morgan fingerprint density at radius 1 is 1.54 bits per heavy atom. The lowest BCUT2D eigenvalue weighted by molar-refractivity contribution is -0.146. The second-order valence-corrected chi connectivity index (χ2v) is 4.64. The summed E-state index contributed by atoms with van der Waals surface area (Å²) < 4.78 is 5.36. The molecule has 76 valence electrons. The van der Waals surface area contributed by atoms with E-state index >= 15 is 0 Å². The van der Waals surface area contributed by atoms with Gasteiger partial charge in [0, 0.05) is 12.0 Å². The Morgan fingerprint density at radius 2 is 2.31 bits per heavy atom. The Hall–Kier alpha value is -0.120. The van der Waals surface area contributed by atoms with Gasteiger partial charge in [0.25, 0.3) is 0 Å². The Bertz CT molecular complexity index is 180. The largest absolute Gasteiger partial charge is 0.380 e. The van der Waals surface area contributed by atoms with E-state index in [1.807, 2.05) is 0 Å². The van der Waals surface area contributed by atoms with Crippen molar-refractivity contribution in [2.75, 3.05) is 39.9 Å². The van der Waals surface area contributed by atoms with Crippen molar-refractivity contribution in [2.24, 2.45) is 17.1 Å². The standard InChI is InChI=1S/C10H20N2O/c1-12-5-2-9(6-12)10(3-4-11)7-13-8-10/h9H,2-8,11H2,1H3. The Morgan fingerprint density at radius 3 is 2.69 bits per heavy atom. The third-order valence-corrected chi connectivity index (χ3v) is 3.68. The molecule has 2 fully saturated rings. The van der Waals surface area contributed by atoms with Gasteiger partial charge in [0.2, 0.25) is 0 Å². The maximum atomic E-state index is 5.66. The average Bonchev–Trinajstić information content (AvgIpc) is 2.44. The predicted octanol–water partition coefficient (Wildman–Crippen LogP) is 0.304. The van der Waals surface area contributed by atoms with Crippen LogP contribution in [0.5, 0.6) is 0 Å². The smallest absolute Gasteiger partial charge is 0.0548 e. The normalized spacial score (nSPS) is 33.2. The first kappa shape index (κ1) is 9.44. The highest BCUT2D eigenvalue weighted by Gasteiger charge is 2.46. The van der Waals surface area contributed by atoms with E-state index in [4.69, 9.17) is 10.5 Å². The van der Waals surface area contributed by atoms with Crippen LogP contribution in [0.2, 0.25) is 0 Å². The summed E-state index contributed by atoms with van der Waals surface area (Å²) in [6.45, 7) is 5.19. The SMILES string of the molecule is CN1CCC(C2(CCN)COC2)C1. The van der Waals surface area contributed by atoms with Crippen molar-refractivity contribution >= 4 is 0 Å². The van der Waals surface area contributed by atoms with Gasteiger partial charge in [0.1, 0.15) is 0 Å². The molecule has 3 nitrogen and oxygen atoms in total. The highest BCUT2D eigenvalue weighted by molar-refractivity contribution is 4.95. The lowest BCUT2D eigenvalue weighted by Crippen LogP contribution is -2.50. The second kappa shape index (κ2) is 3.56. The molecule has 2 saturated heterocycles. The fourth-order valence-corrected chi connectivity index (χ4v) is 2.67. The van der Waals surface area contributed by atoms with Gasteiger partial charge in [-0.3, -0.25) is 0 Å². The van der Waals surface area contributed by atoms with E-state index < -0.39 is 0 Å². The molecule has 1 unspecified atom stereocenters. The van der Waals surface area contributed by atoms with Crippen LogP contribution in [0.4, 0.5) is 0 Å². The topological polar surface area (TPSA) is 38.5 Å². The Labute approximate surface area is 80.2 Å². The van der Waals surface area contributed by atoms with Gasteiger partial charge in [-0.05, 0) is 38.9 Å². The van der Waals surface area contributed by atoms with E-state index in [1.165, 1.54) is 19.5 Å². The third kappa shape index (κ3) is 1.60. The van der Waals surface area contributed by atoms with Gasteiger partial charge in [0.15, 0.2) is 0 Å². The molecule has 2 aliphatic heterocycles. The van der Waals surface area contributed by atoms with Gasteiger partial charge in [0.05, 0.1) is 13.2 Å². The molecule has 0 spiro atoms. The van der Waals surface area contributed by atoms with Crippen molar-refractivity contribution in [3.8, 4) is 0 Å². The quantitative estimate of drug-likeness (QED) is 0.686. The molecule has 0 amide bonds. The second-order valence-electron chi connectivity index (χ2n) is 4.64. The van der Waals surface area contributed by atoms with E-state index in [2.05, 4.69) is 11.9 Å². The van der Waals surface area contributed by atoms with Crippen LogP contribution in [0.1, 0.15) is 12.8 Å². The van der Waals surface area contributed by atoms with Gasteiger partial charge in [-0.1, -0.05) is 0 Å². The molecular formula is C10H20N2O. The molecule has 2 rings (SSSR count). The van der Waals surface area contributed by atoms with Gasteiger partial charge >= 0.3 is 0 Å². The molecule has 0 saturated carbocycles. The zero-order chi connectivity index (χ0) is 9.31. The summed E-state index contributed by atoms with van der Waals surface area (Å²) in [5.41, 5.74) is 6.10. The highest BCUT2D eigenvalue weighted by atomic mass is 16.5. The molecule has 2 heterocycles. The molecule has 0 aliphatic carbocycles. The van der Waals surface area contributed by atoms with Crippen LogP contribution >= 0.6 is 0 Å². The number of hydrogen-bond acceptors (Lipinski definition) is 3. The number of nitrogens with zero attached hydrogens (tertiary/aromatic N) is 1. The van der Waals surface area contributed by atoms with Crippen molar-refractivity contribution in [1.82, 2.24) is 4.90 Å². The summed E-state index contributed by atoms with van der Waals surface area (Å²) in [5.74, 6) is 0.829. The van der Waals surface area contributed by atoms with Crippen molar-refractivity contribution in [2.45, 2.75) is 12.8 Å². The molecule has 2 N–H and O–H groups in total. The summed E-state index contributed by atoms with van der Waals surface area (Å²) in [7, 11) is 2.20. The number of hydrogen-bond donors (Lipinski definition) is 1. The zero-order valence-corrected chi connectivity index (χ0v) is 8.46. The number of ether oxygens (including phenoxy) is 1. The maximum Gasteiger partial charge on any atom is 0.0548 e. The minimum Gasteiger partial charge on any atom is -0.380 e. The molecule has 3 heteroatoms. The van der Waals surface area contributed by atoms with Crippen molar-refractivity contribution < 1.29 is 4.74 Å². The molecular weight excluding hydrogens is 164 g/mol.